The maximum Gasteiger partial charge on any atom is 1.00 e. The minimum absolute atomic E-state index is 0. The fourth-order valence-electron chi connectivity index (χ4n) is 4.22. The summed E-state index contributed by atoms with van der Waals surface area (Å²) in [6.07, 6.45) is -0.0124. The molecule has 0 radical (unpaired) electrons. The molecule has 2 aliphatic heterocycles. The van der Waals surface area contributed by atoms with E-state index in [-0.39, 0.29) is 59.3 Å². The van der Waals surface area contributed by atoms with Crippen molar-refractivity contribution in [2.24, 2.45) is 0 Å². The van der Waals surface area contributed by atoms with Crippen LogP contribution in [0.4, 0.5) is 0 Å². The minimum Gasteiger partial charge on any atom is -0.566 e. The van der Waals surface area contributed by atoms with Crippen molar-refractivity contribution >= 4 is 36.7 Å². The first-order valence-electron chi connectivity index (χ1n) is 9.21. The fourth-order valence-corrected chi connectivity index (χ4v) is 4.96. The Morgan fingerprint density at radius 1 is 1.32 bits per heavy atom. The molecule has 11 heteroatoms. The van der Waals surface area contributed by atoms with Crippen molar-refractivity contribution in [2.45, 2.75) is 32.1 Å². The van der Waals surface area contributed by atoms with Crippen LogP contribution in [0.5, 0.6) is 0 Å². The summed E-state index contributed by atoms with van der Waals surface area (Å²) >= 11 is 6.08. The second-order valence-corrected chi connectivity index (χ2v) is 8.28. The van der Waals surface area contributed by atoms with Gasteiger partial charge in [-0.25, -0.2) is 9.78 Å². The monoisotopic (exact) mass is 467 g/mol. The van der Waals surface area contributed by atoms with Gasteiger partial charge in [0.1, 0.15) is 6.61 Å². The first-order valence-corrected chi connectivity index (χ1v) is 10.7. The van der Waals surface area contributed by atoms with Crippen molar-refractivity contribution in [3.05, 3.63) is 62.4 Å². The molecule has 0 N–H and O–H groups in total. The number of aromatic nitrogens is 2. The number of ether oxygens (including phenoxy) is 1. The normalized spacial score (nSPS) is 19.2. The van der Waals surface area contributed by atoms with Crippen molar-refractivity contribution in [3.8, 4) is 11.4 Å². The zero-order chi connectivity index (χ0) is 21.2. The van der Waals surface area contributed by atoms with E-state index >= 15 is 0 Å². The second kappa shape index (κ2) is 8.05. The van der Waals surface area contributed by atoms with Crippen LogP contribution in [0.15, 0.2) is 35.1 Å². The van der Waals surface area contributed by atoms with E-state index in [2.05, 4.69) is 4.98 Å². The van der Waals surface area contributed by atoms with Gasteiger partial charge in [-0.3, -0.25) is 4.79 Å². The van der Waals surface area contributed by atoms with Crippen molar-refractivity contribution in [1.82, 2.24) is 9.55 Å². The van der Waals surface area contributed by atoms with E-state index in [1.807, 2.05) is 6.07 Å². The number of rotatable bonds is 3. The number of fused-ring (bicyclic) bond motifs is 5. The van der Waals surface area contributed by atoms with Gasteiger partial charge in [-0.05, 0) is 41.3 Å². The topological polar surface area (TPSA) is 111 Å². The average molecular weight is 468 g/mol. The standard InChI is InChI=1S/C20H14ClN2O6P.Na/c1-2-20(29-30(26)27)14-7-16-17-11(5-10-6-12(21)3-4-15(10)22-17)8-23(16)18(24)13(14)9-28-19(20)25;/h3-7H,2,8-9H2,1H3;/q;+1/t20-;/m0./s1. The van der Waals surface area contributed by atoms with Crippen LogP contribution in [0.25, 0.3) is 22.3 Å². The Morgan fingerprint density at radius 2 is 2.10 bits per heavy atom. The molecule has 4 heterocycles. The van der Waals surface area contributed by atoms with Gasteiger partial charge in [0.2, 0.25) is 5.60 Å². The number of esters is 1. The smallest absolute Gasteiger partial charge is 0.566 e. The molecule has 2 atom stereocenters. The Morgan fingerprint density at radius 3 is 2.81 bits per heavy atom. The van der Waals surface area contributed by atoms with E-state index in [9.17, 15) is 19.0 Å². The van der Waals surface area contributed by atoms with Gasteiger partial charge in [0.05, 0.1) is 29.0 Å². The predicted molar refractivity (Wildman–Crippen MR) is 106 cm³/mol. The number of halogens is 1. The van der Waals surface area contributed by atoms with Crippen molar-refractivity contribution in [2.75, 3.05) is 0 Å². The number of carbonyl (C=O) groups excluding carboxylic acids is 1. The van der Waals surface area contributed by atoms with Gasteiger partial charge in [0.25, 0.3) is 5.56 Å². The van der Waals surface area contributed by atoms with Crippen molar-refractivity contribution in [3.63, 3.8) is 0 Å². The summed E-state index contributed by atoms with van der Waals surface area (Å²) in [6, 6.07) is 8.87. The predicted octanol–water partition coefficient (Wildman–Crippen LogP) is -0.221. The third-order valence-electron chi connectivity index (χ3n) is 5.67. The molecule has 1 aromatic carbocycles. The molecule has 3 aromatic rings. The fraction of sp³-hybridized carbons (Fsp3) is 0.250. The van der Waals surface area contributed by atoms with Crippen LogP contribution in [0.1, 0.15) is 30.0 Å². The summed E-state index contributed by atoms with van der Waals surface area (Å²) in [6.45, 7) is 1.66. The molecular weight excluding hydrogens is 454 g/mol. The molecule has 5 rings (SSSR count). The first-order chi connectivity index (χ1) is 14.3. The zero-order valence-corrected chi connectivity index (χ0v) is 20.3. The molecule has 0 saturated heterocycles. The van der Waals surface area contributed by atoms with Crippen LogP contribution in [0.3, 0.4) is 0 Å². The SMILES string of the molecule is CC[C@@]1(O[P+](=O)[O-])C(=O)OCc2c1cc1n(c2=O)Cc2cc3cc(Cl)ccc3nc2-1.[Na+]. The molecule has 8 nitrogen and oxygen atoms in total. The molecule has 152 valence electrons. The maximum absolute atomic E-state index is 13.2. The summed E-state index contributed by atoms with van der Waals surface area (Å²) in [5, 5.41) is 1.43. The van der Waals surface area contributed by atoms with Crippen LogP contribution < -0.4 is 40.0 Å². The van der Waals surface area contributed by atoms with Crippen molar-refractivity contribution < 1.29 is 53.1 Å². The molecule has 0 aliphatic carbocycles. The first kappa shape index (κ1) is 22.6. The number of hydrogen-bond donors (Lipinski definition) is 0. The van der Waals surface area contributed by atoms with Crippen LogP contribution in [-0.4, -0.2) is 15.5 Å². The summed E-state index contributed by atoms with van der Waals surface area (Å²) in [5.74, 6) is -0.833. The third kappa shape index (κ3) is 3.38. The largest absolute Gasteiger partial charge is 1.00 e. The molecule has 31 heavy (non-hydrogen) atoms. The zero-order valence-electron chi connectivity index (χ0n) is 16.7. The summed E-state index contributed by atoms with van der Waals surface area (Å²) in [5.41, 5.74) is 0.803. The van der Waals surface area contributed by atoms with Crippen LogP contribution in [0, 0.1) is 0 Å². The van der Waals surface area contributed by atoms with Crippen LogP contribution >= 0.6 is 19.9 Å². The molecule has 0 spiro atoms. The molecular formula is C20H14ClN2NaO6P+. The van der Waals surface area contributed by atoms with Crippen LogP contribution in [0.2, 0.25) is 5.02 Å². The Balaban J connectivity index is 0.00000231. The van der Waals surface area contributed by atoms with Crippen LogP contribution in [-0.2, 0) is 37.4 Å². The molecule has 2 aliphatic rings. The van der Waals surface area contributed by atoms with Gasteiger partial charge in [0.15, 0.2) is 0 Å². The number of hydrogen-bond acceptors (Lipinski definition) is 7. The van der Waals surface area contributed by atoms with Gasteiger partial charge in [0, 0.05) is 21.5 Å². The number of pyridine rings is 2. The Bertz CT molecular complexity index is 1340. The molecule has 0 bridgehead atoms. The molecule has 0 fully saturated rings. The quantitative estimate of drug-likeness (QED) is 0.233. The summed E-state index contributed by atoms with van der Waals surface area (Å²) in [4.78, 5) is 41.9. The molecule has 1 unspecified atom stereocenters. The summed E-state index contributed by atoms with van der Waals surface area (Å²) in [7, 11) is -3.36. The van der Waals surface area contributed by atoms with Crippen molar-refractivity contribution in [1.29, 1.82) is 0 Å². The van der Waals surface area contributed by atoms with Gasteiger partial charge in [-0.2, -0.15) is 0 Å². The van der Waals surface area contributed by atoms with E-state index < -0.39 is 19.8 Å². The van der Waals surface area contributed by atoms with Gasteiger partial charge in [-0.1, -0.05) is 18.5 Å². The summed E-state index contributed by atoms with van der Waals surface area (Å²) < 4.78 is 23.1. The van der Waals surface area contributed by atoms with E-state index in [1.165, 1.54) is 0 Å². The molecule has 2 aromatic heterocycles. The van der Waals surface area contributed by atoms with E-state index in [1.54, 1.807) is 35.8 Å². The van der Waals surface area contributed by atoms with E-state index in [4.69, 9.17) is 20.9 Å². The molecule has 0 amide bonds. The van der Waals surface area contributed by atoms with Gasteiger partial charge >= 0.3 is 43.8 Å². The third-order valence-corrected chi connectivity index (χ3v) is 6.36. The van der Waals surface area contributed by atoms with E-state index in [0.29, 0.717) is 28.5 Å². The van der Waals surface area contributed by atoms with E-state index in [0.717, 1.165) is 10.9 Å². The number of cyclic esters (lactones) is 1. The number of benzene rings is 1. The Hall–Kier alpha value is -1.64. The Kier molecular flexibility index (Phi) is 5.85. The maximum atomic E-state index is 13.2. The average Bonchev–Trinajstić information content (AvgIpc) is 3.06. The number of nitrogens with zero attached hydrogens (tertiary/aromatic N) is 2. The Labute approximate surface area is 204 Å². The molecule has 0 saturated carbocycles. The minimum atomic E-state index is -3.36. The second-order valence-electron chi connectivity index (χ2n) is 7.22. The van der Waals surface area contributed by atoms with Gasteiger partial charge < -0.3 is 14.2 Å². The number of carbonyl (C=O) groups is 1. The van der Waals surface area contributed by atoms with Gasteiger partial charge in [-0.15, -0.1) is 4.52 Å².